The van der Waals surface area contributed by atoms with Crippen LogP contribution in [-0.2, 0) is 23.7 Å². The second-order valence-corrected chi connectivity index (χ2v) is 5.49. The van der Waals surface area contributed by atoms with Crippen molar-refractivity contribution in [2.24, 2.45) is 0 Å². The molecule has 4 heterocycles. The average molecular weight is 242 g/mol. The molecule has 0 aromatic heterocycles. The first-order chi connectivity index (χ1) is 8.34. The SMILES string of the molecule is C(OCC1(CC2CO2)OC1CC1CO1)C1CO1. The highest BCUT2D eigenvalue weighted by atomic mass is 16.7. The zero-order valence-corrected chi connectivity index (χ0v) is 9.80. The van der Waals surface area contributed by atoms with Crippen LogP contribution in [0, 0.1) is 0 Å². The molecule has 5 atom stereocenters. The van der Waals surface area contributed by atoms with Gasteiger partial charge in [0.15, 0.2) is 0 Å². The van der Waals surface area contributed by atoms with E-state index in [0.717, 1.165) is 32.7 Å². The molecule has 0 bridgehead atoms. The maximum absolute atomic E-state index is 5.88. The predicted octanol–water partition coefficient (Wildman–Crippen LogP) is 0.117. The third-order valence-corrected chi connectivity index (χ3v) is 3.81. The van der Waals surface area contributed by atoms with Crippen LogP contribution in [0.5, 0.6) is 0 Å². The van der Waals surface area contributed by atoms with Gasteiger partial charge in [-0.1, -0.05) is 0 Å². The van der Waals surface area contributed by atoms with E-state index in [1.54, 1.807) is 0 Å². The highest BCUT2D eigenvalue weighted by Gasteiger charge is 2.60. The van der Waals surface area contributed by atoms with E-state index < -0.39 is 0 Å². The summed E-state index contributed by atoms with van der Waals surface area (Å²) in [7, 11) is 0. The highest BCUT2D eigenvalue weighted by molar-refractivity contribution is 5.07. The fraction of sp³-hybridized carbons (Fsp3) is 1.00. The molecule has 5 unspecified atom stereocenters. The minimum atomic E-state index is -0.0952. The third kappa shape index (κ3) is 2.63. The summed E-state index contributed by atoms with van der Waals surface area (Å²) in [6.45, 7) is 3.99. The van der Waals surface area contributed by atoms with Crippen molar-refractivity contribution in [2.45, 2.75) is 42.9 Å². The van der Waals surface area contributed by atoms with Crippen LogP contribution in [0.4, 0.5) is 0 Å². The van der Waals surface area contributed by atoms with Crippen molar-refractivity contribution >= 4 is 0 Å². The van der Waals surface area contributed by atoms with E-state index in [9.17, 15) is 0 Å². The first-order valence-electron chi connectivity index (χ1n) is 6.44. The van der Waals surface area contributed by atoms with Gasteiger partial charge >= 0.3 is 0 Å². The summed E-state index contributed by atoms with van der Waals surface area (Å²) in [6, 6.07) is 0. The minimum absolute atomic E-state index is 0.0952. The Morgan fingerprint density at radius 2 is 1.71 bits per heavy atom. The van der Waals surface area contributed by atoms with Gasteiger partial charge in [0.1, 0.15) is 11.7 Å². The Hall–Kier alpha value is -0.200. The molecule has 0 spiro atoms. The lowest BCUT2D eigenvalue weighted by atomic mass is 9.97. The Balaban J connectivity index is 1.28. The van der Waals surface area contributed by atoms with Gasteiger partial charge in [0.2, 0.25) is 0 Å². The molecule has 0 amide bonds. The van der Waals surface area contributed by atoms with Gasteiger partial charge in [0.05, 0.1) is 51.3 Å². The molecule has 5 heteroatoms. The van der Waals surface area contributed by atoms with Crippen molar-refractivity contribution in [1.29, 1.82) is 0 Å². The second kappa shape index (κ2) is 3.90. The second-order valence-electron chi connectivity index (χ2n) is 5.49. The van der Waals surface area contributed by atoms with Gasteiger partial charge in [-0.15, -0.1) is 0 Å². The van der Waals surface area contributed by atoms with Crippen LogP contribution < -0.4 is 0 Å². The van der Waals surface area contributed by atoms with Gasteiger partial charge in [-0.25, -0.2) is 0 Å². The molecule has 4 rings (SSSR count). The quantitative estimate of drug-likeness (QED) is 0.566. The molecule has 96 valence electrons. The number of rotatable bonds is 8. The molecule has 0 aromatic rings. The summed E-state index contributed by atoms with van der Waals surface area (Å²) in [6.07, 6.45) is 3.42. The lowest BCUT2D eigenvalue weighted by Gasteiger charge is -2.11. The molecular weight excluding hydrogens is 224 g/mol. The summed E-state index contributed by atoms with van der Waals surface area (Å²) >= 11 is 0. The zero-order valence-electron chi connectivity index (χ0n) is 9.80. The molecule has 17 heavy (non-hydrogen) atoms. The Labute approximate surface area is 100 Å². The van der Waals surface area contributed by atoms with Crippen molar-refractivity contribution in [1.82, 2.24) is 0 Å². The van der Waals surface area contributed by atoms with Crippen molar-refractivity contribution in [3.8, 4) is 0 Å². The third-order valence-electron chi connectivity index (χ3n) is 3.81. The molecule has 0 N–H and O–H groups in total. The molecule has 0 aromatic carbocycles. The maximum atomic E-state index is 5.88. The summed E-state index contributed by atoms with van der Waals surface area (Å²) in [5.41, 5.74) is -0.0952. The lowest BCUT2D eigenvalue weighted by molar-refractivity contribution is 0.0618. The van der Waals surface area contributed by atoms with Gasteiger partial charge < -0.3 is 23.7 Å². The van der Waals surface area contributed by atoms with Crippen molar-refractivity contribution in [3.05, 3.63) is 0 Å². The van der Waals surface area contributed by atoms with Gasteiger partial charge in [-0.05, 0) is 0 Å². The lowest BCUT2D eigenvalue weighted by Crippen LogP contribution is -2.26. The number of ether oxygens (including phenoxy) is 5. The number of epoxide rings is 4. The van der Waals surface area contributed by atoms with Crippen LogP contribution in [0.2, 0.25) is 0 Å². The molecule has 0 aliphatic carbocycles. The molecule has 4 aliphatic rings. The zero-order chi connectivity index (χ0) is 11.3. The molecule has 0 saturated carbocycles. The number of hydrogen-bond donors (Lipinski definition) is 0. The van der Waals surface area contributed by atoms with Crippen LogP contribution in [0.15, 0.2) is 0 Å². The molecule has 0 radical (unpaired) electrons. The highest BCUT2D eigenvalue weighted by Crippen LogP contribution is 2.47. The van der Waals surface area contributed by atoms with Crippen LogP contribution in [0.25, 0.3) is 0 Å². The first kappa shape index (κ1) is 10.7. The fourth-order valence-electron chi connectivity index (χ4n) is 2.42. The van der Waals surface area contributed by atoms with Crippen molar-refractivity contribution < 1.29 is 23.7 Å². The molecule has 4 fully saturated rings. The average Bonchev–Trinajstić information content (AvgIpc) is 3.17. The first-order valence-corrected chi connectivity index (χ1v) is 6.44. The predicted molar refractivity (Wildman–Crippen MR) is 56.9 cm³/mol. The van der Waals surface area contributed by atoms with E-state index in [2.05, 4.69) is 0 Å². The fourth-order valence-corrected chi connectivity index (χ4v) is 2.42. The summed E-state index contributed by atoms with van der Waals surface area (Å²) in [5, 5.41) is 0. The van der Waals surface area contributed by atoms with Crippen molar-refractivity contribution in [2.75, 3.05) is 33.0 Å². The summed E-state index contributed by atoms with van der Waals surface area (Å²) in [5.74, 6) is 0. The maximum Gasteiger partial charge on any atom is 0.121 e. The summed E-state index contributed by atoms with van der Waals surface area (Å²) < 4.78 is 27.3. The van der Waals surface area contributed by atoms with E-state index in [0.29, 0.717) is 37.6 Å². The molecular formula is C12H18O5. The Morgan fingerprint density at radius 1 is 1.00 bits per heavy atom. The van der Waals surface area contributed by atoms with Gasteiger partial charge in [0.25, 0.3) is 0 Å². The molecule has 4 saturated heterocycles. The normalized spacial score (nSPS) is 50.1. The summed E-state index contributed by atoms with van der Waals surface area (Å²) in [4.78, 5) is 0. The van der Waals surface area contributed by atoms with Crippen LogP contribution in [0.3, 0.4) is 0 Å². The monoisotopic (exact) mass is 242 g/mol. The van der Waals surface area contributed by atoms with E-state index in [-0.39, 0.29) is 5.60 Å². The number of hydrogen-bond acceptors (Lipinski definition) is 5. The van der Waals surface area contributed by atoms with Gasteiger partial charge in [0, 0.05) is 12.8 Å². The van der Waals surface area contributed by atoms with E-state index >= 15 is 0 Å². The minimum Gasteiger partial charge on any atom is -0.376 e. The van der Waals surface area contributed by atoms with Gasteiger partial charge in [-0.3, -0.25) is 0 Å². The van der Waals surface area contributed by atoms with Gasteiger partial charge in [-0.2, -0.15) is 0 Å². The standard InChI is InChI=1S/C12H18O5/c1(8-4-14-8)11-12(17-11,2-9-5-15-9)7-13-3-10-6-16-10/h8-11H,1-7H2. The topological polar surface area (TPSA) is 59.4 Å². The Morgan fingerprint density at radius 3 is 2.35 bits per heavy atom. The molecule has 5 nitrogen and oxygen atoms in total. The van der Waals surface area contributed by atoms with Crippen molar-refractivity contribution in [3.63, 3.8) is 0 Å². The van der Waals surface area contributed by atoms with Crippen LogP contribution in [0.1, 0.15) is 12.8 Å². The Bertz CT molecular complexity index is 297. The Kier molecular flexibility index (Phi) is 2.45. The smallest absolute Gasteiger partial charge is 0.121 e. The van der Waals surface area contributed by atoms with E-state index in [1.807, 2.05) is 0 Å². The van der Waals surface area contributed by atoms with E-state index in [1.165, 1.54) is 0 Å². The largest absolute Gasteiger partial charge is 0.376 e. The molecule has 4 aliphatic heterocycles. The van der Waals surface area contributed by atoms with Crippen LogP contribution in [-0.4, -0.2) is 63.1 Å². The van der Waals surface area contributed by atoms with E-state index in [4.69, 9.17) is 23.7 Å². The van der Waals surface area contributed by atoms with Crippen LogP contribution >= 0.6 is 0 Å².